The maximum atomic E-state index is 14.2. The van der Waals surface area contributed by atoms with Gasteiger partial charge in [-0.2, -0.15) is 0 Å². The highest BCUT2D eigenvalue weighted by atomic mass is 16.6. The Morgan fingerprint density at radius 2 is 1.62 bits per heavy atom. The largest absolute Gasteiger partial charge is 0.369 e. The van der Waals surface area contributed by atoms with Gasteiger partial charge in [0.05, 0.1) is 28.8 Å². The number of nitro benzene ring substituents is 1. The number of carbonyl (C=O) groups excluding carboxylic acids is 3. The minimum Gasteiger partial charge on any atom is -0.369 e. The van der Waals surface area contributed by atoms with Gasteiger partial charge >= 0.3 is 0 Å². The molecule has 1 aliphatic rings. The number of primary amides is 1. The molecule has 202 valence electrons. The zero-order valence-electron chi connectivity index (χ0n) is 22.1. The first-order chi connectivity index (χ1) is 19.2. The summed E-state index contributed by atoms with van der Waals surface area (Å²) in [7, 11) is 0. The first-order valence-electron chi connectivity index (χ1n) is 12.9. The molecule has 4 aromatic rings. The van der Waals surface area contributed by atoms with E-state index in [1.54, 1.807) is 36.1 Å². The molecule has 0 aromatic heterocycles. The Hall–Kier alpha value is -5.05. The Balaban J connectivity index is 1.65. The fraction of sp³-hybridized carbons (Fsp3) is 0.194. The summed E-state index contributed by atoms with van der Waals surface area (Å²) in [5, 5.41) is 13.2. The lowest BCUT2D eigenvalue weighted by Gasteiger charge is -2.28. The third kappa shape index (κ3) is 4.77. The molecule has 40 heavy (non-hydrogen) atoms. The number of fused-ring (bicyclic) bond motifs is 2. The Morgan fingerprint density at radius 1 is 0.975 bits per heavy atom. The molecule has 1 unspecified atom stereocenters. The van der Waals surface area contributed by atoms with Crippen molar-refractivity contribution in [2.75, 3.05) is 16.3 Å². The van der Waals surface area contributed by atoms with Crippen LogP contribution in [0.4, 0.5) is 17.1 Å². The number of nitrogens with zero attached hydrogens (tertiary/aromatic N) is 3. The smallest absolute Gasteiger partial charge is 0.269 e. The highest BCUT2D eigenvalue weighted by molar-refractivity contribution is 6.12. The second kappa shape index (κ2) is 10.6. The fourth-order valence-electron chi connectivity index (χ4n) is 5.23. The number of nitro groups is 1. The highest BCUT2D eigenvalue weighted by Crippen LogP contribution is 2.38. The second-order valence-corrected chi connectivity index (χ2v) is 10.0. The number of nitrogens with two attached hydrogens (primary N) is 1. The van der Waals surface area contributed by atoms with Crippen LogP contribution in [-0.4, -0.2) is 29.2 Å². The van der Waals surface area contributed by atoms with E-state index in [0.717, 1.165) is 21.9 Å². The third-order valence-corrected chi connectivity index (χ3v) is 7.64. The molecular weight excluding hydrogens is 508 g/mol. The molecule has 5 rings (SSSR count). The summed E-state index contributed by atoms with van der Waals surface area (Å²) in [6.07, 6.45) is 0. The van der Waals surface area contributed by atoms with Gasteiger partial charge in [0.2, 0.25) is 11.8 Å². The van der Waals surface area contributed by atoms with Crippen molar-refractivity contribution in [3.05, 3.63) is 112 Å². The molecule has 9 heteroatoms. The lowest BCUT2D eigenvalue weighted by atomic mass is 9.91. The summed E-state index contributed by atoms with van der Waals surface area (Å²) in [5.74, 6) is -3.18. The summed E-state index contributed by atoms with van der Waals surface area (Å²) in [5.41, 5.74) is 8.75. The van der Waals surface area contributed by atoms with E-state index in [9.17, 15) is 24.5 Å². The minimum absolute atomic E-state index is 0.0825. The van der Waals surface area contributed by atoms with Crippen LogP contribution in [0.2, 0.25) is 0 Å². The van der Waals surface area contributed by atoms with E-state index >= 15 is 0 Å². The number of benzene rings is 4. The number of hydrogen-bond donors (Lipinski definition) is 1. The van der Waals surface area contributed by atoms with Crippen molar-refractivity contribution < 1.29 is 19.3 Å². The van der Waals surface area contributed by atoms with E-state index in [0.29, 0.717) is 11.4 Å². The normalized spacial score (nSPS) is 15.8. The standard InChI is InChI=1S/C31H28N4O5/c1-19-11-12-21-7-3-4-8-24(21)25(19)17-34-28-10-6-5-9-27(28)33(18-26(31(34)38)20(2)29(32)36)30(37)22-13-15-23(16-14-22)35(39)40/h3-16,20,26H,17-18H2,1-2H3,(H2,32,36)/t20?,26-/m1/s1. The Bertz CT molecular complexity index is 1650. The quantitative estimate of drug-likeness (QED) is 0.274. The van der Waals surface area contributed by atoms with Gasteiger partial charge in [0, 0.05) is 30.2 Å². The number of non-ortho nitro benzene ring substituents is 1. The topological polar surface area (TPSA) is 127 Å². The van der Waals surface area contributed by atoms with Crippen LogP contribution in [-0.2, 0) is 16.1 Å². The SMILES string of the molecule is Cc1ccc2ccccc2c1CN1C(=O)[C@@H](C(C)C(N)=O)CN(C(=O)c2ccc([N+](=O)[O-])cc2)c2ccccc21. The Morgan fingerprint density at radius 3 is 2.30 bits per heavy atom. The summed E-state index contributed by atoms with van der Waals surface area (Å²) < 4.78 is 0. The summed E-state index contributed by atoms with van der Waals surface area (Å²) in [6, 6.07) is 24.4. The fourth-order valence-corrected chi connectivity index (χ4v) is 5.23. The lowest BCUT2D eigenvalue weighted by Crippen LogP contribution is -2.45. The van der Waals surface area contributed by atoms with Gasteiger partial charge in [-0.25, -0.2) is 0 Å². The average molecular weight is 537 g/mol. The second-order valence-electron chi connectivity index (χ2n) is 10.0. The zero-order chi connectivity index (χ0) is 28.6. The van der Waals surface area contributed by atoms with Crippen molar-refractivity contribution in [2.24, 2.45) is 17.6 Å². The number of anilines is 2. The summed E-state index contributed by atoms with van der Waals surface area (Å²) >= 11 is 0. The zero-order valence-corrected chi connectivity index (χ0v) is 22.1. The van der Waals surface area contributed by atoms with E-state index in [1.165, 1.54) is 29.2 Å². The highest BCUT2D eigenvalue weighted by Gasteiger charge is 2.40. The van der Waals surface area contributed by atoms with Gasteiger partial charge in [-0.05, 0) is 53.1 Å². The first-order valence-corrected chi connectivity index (χ1v) is 12.9. The average Bonchev–Trinajstić information content (AvgIpc) is 3.08. The molecule has 1 heterocycles. The lowest BCUT2D eigenvalue weighted by molar-refractivity contribution is -0.384. The molecule has 3 amide bonds. The molecule has 4 aromatic carbocycles. The first kappa shape index (κ1) is 26.6. The van der Waals surface area contributed by atoms with E-state index in [1.807, 2.05) is 43.3 Å². The van der Waals surface area contributed by atoms with E-state index in [2.05, 4.69) is 0 Å². The van der Waals surface area contributed by atoms with Crippen LogP contribution in [0.15, 0.2) is 84.9 Å². The van der Waals surface area contributed by atoms with Crippen LogP contribution in [0.5, 0.6) is 0 Å². The monoisotopic (exact) mass is 536 g/mol. The van der Waals surface area contributed by atoms with Gasteiger partial charge in [-0.3, -0.25) is 24.5 Å². The number of para-hydroxylation sites is 2. The molecule has 1 aliphatic heterocycles. The Kier molecular flexibility index (Phi) is 7.04. The number of aryl methyl sites for hydroxylation is 1. The van der Waals surface area contributed by atoms with Crippen LogP contribution in [0.3, 0.4) is 0 Å². The molecule has 0 radical (unpaired) electrons. The van der Waals surface area contributed by atoms with E-state index in [-0.39, 0.29) is 30.2 Å². The minimum atomic E-state index is -0.915. The molecule has 0 spiro atoms. The van der Waals surface area contributed by atoms with Crippen LogP contribution < -0.4 is 15.5 Å². The van der Waals surface area contributed by atoms with Gasteiger partial charge in [-0.1, -0.05) is 55.5 Å². The summed E-state index contributed by atoms with van der Waals surface area (Å²) in [4.78, 5) is 54.1. The number of amides is 3. The maximum absolute atomic E-state index is 14.2. The van der Waals surface area contributed by atoms with Crippen molar-refractivity contribution >= 4 is 45.6 Å². The van der Waals surface area contributed by atoms with Gasteiger partial charge in [0.25, 0.3) is 11.6 Å². The molecular formula is C31H28N4O5. The van der Waals surface area contributed by atoms with Crippen LogP contribution in [0, 0.1) is 28.9 Å². The van der Waals surface area contributed by atoms with E-state index < -0.39 is 28.6 Å². The molecule has 2 atom stereocenters. The predicted molar refractivity (Wildman–Crippen MR) is 153 cm³/mol. The molecule has 0 saturated heterocycles. The van der Waals surface area contributed by atoms with Crippen LogP contribution >= 0.6 is 0 Å². The third-order valence-electron chi connectivity index (χ3n) is 7.64. The van der Waals surface area contributed by atoms with Crippen LogP contribution in [0.25, 0.3) is 10.8 Å². The van der Waals surface area contributed by atoms with Crippen LogP contribution in [0.1, 0.15) is 28.4 Å². The Labute approximate surface area is 231 Å². The maximum Gasteiger partial charge on any atom is 0.269 e. The predicted octanol–water partition coefficient (Wildman–Crippen LogP) is 4.99. The van der Waals surface area contributed by atoms with Crippen molar-refractivity contribution in [2.45, 2.75) is 20.4 Å². The van der Waals surface area contributed by atoms with E-state index in [4.69, 9.17) is 5.73 Å². The van der Waals surface area contributed by atoms with Crippen molar-refractivity contribution in [1.82, 2.24) is 0 Å². The molecule has 0 fully saturated rings. The van der Waals surface area contributed by atoms with Crippen molar-refractivity contribution in [3.63, 3.8) is 0 Å². The molecule has 0 aliphatic carbocycles. The van der Waals surface area contributed by atoms with Gasteiger partial charge in [0.15, 0.2) is 0 Å². The molecule has 0 bridgehead atoms. The number of hydrogen-bond acceptors (Lipinski definition) is 5. The van der Waals surface area contributed by atoms with Crippen molar-refractivity contribution in [1.29, 1.82) is 0 Å². The van der Waals surface area contributed by atoms with Gasteiger partial charge in [-0.15, -0.1) is 0 Å². The van der Waals surface area contributed by atoms with Crippen molar-refractivity contribution in [3.8, 4) is 0 Å². The van der Waals surface area contributed by atoms with Gasteiger partial charge in [0.1, 0.15) is 0 Å². The molecule has 2 N–H and O–H groups in total. The number of carbonyl (C=O) groups is 3. The van der Waals surface area contributed by atoms with Gasteiger partial charge < -0.3 is 15.5 Å². The summed E-state index contributed by atoms with van der Waals surface area (Å²) in [6.45, 7) is 3.73. The molecule has 0 saturated carbocycles. The number of rotatable bonds is 6. The molecule has 9 nitrogen and oxygen atoms in total.